The van der Waals surface area contributed by atoms with Crippen molar-refractivity contribution in [2.75, 3.05) is 0 Å². The first-order chi connectivity index (χ1) is 12.3. The number of hydrogen-bond acceptors (Lipinski definition) is 6. The van der Waals surface area contributed by atoms with Crippen molar-refractivity contribution in [2.45, 2.75) is 18.8 Å². The molecule has 6 nitrogen and oxygen atoms in total. The highest BCUT2D eigenvalue weighted by Gasteiger charge is 2.26. The summed E-state index contributed by atoms with van der Waals surface area (Å²) < 4.78 is 7.11. The number of aromatic nitrogens is 5. The predicted molar refractivity (Wildman–Crippen MR) is 95.0 cm³/mol. The van der Waals surface area contributed by atoms with Gasteiger partial charge in [0.2, 0.25) is 5.82 Å². The van der Waals surface area contributed by atoms with Crippen LogP contribution in [-0.2, 0) is 7.05 Å². The molecule has 0 radical (unpaired) electrons. The third-order valence-corrected chi connectivity index (χ3v) is 5.34. The van der Waals surface area contributed by atoms with E-state index in [9.17, 15) is 0 Å². The molecule has 1 fully saturated rings. The van der Waals surface area contributed by atoms with E-state index in [0.717, 1.165) is 22.5 Å². The third-order valence-electron chi connectivity index (χ3n) is 4.33. The molecular formula is C18H15N5OS. The Kier molecular flexibility index (Phi) is 3.27. The minimum atomic E-state index is 0.463. The molecule has 1 saturated carbocycles. The van der Waals surface area contributed by atoms with E-state index in [0.29, 0.717) is 17.6 Å². The zero-order valence-electron chi connectivity index (χ0n) is 13.6. The zero-order chi connectivity index (χ0) is 16.8. The maximum Gasteiger partial charge on any atom is 0.276 e. The van der Waals surface area contributed by atoms with Crippen LogP contribution in [0.15, 0.2) is 46.4 Å². The normalized spacial score (nSPS) is 14.1. The average molecular weight is 349 g/mol. The Morgan fingerprint density at radius 1 is 1.16 bits per heavy atom. The van der Waals surface area contributed by atoms with Crippen LogP contribution in [0, 0.1) is 0 Å². The minimum Gasteiger partial charge on any atom is -0.332 e. The van der Waals surface area contributed by atoms with Crippen LogP contribution in [0.2, 0.25) is 0 Å². The van der Waals surface area contributed by atoms with Crippen LogP contribution >= 0.6 is 11.3 Å². The summed E-state index contributed by atoms with van der Waals surface area (Å²) in [5.41, 5.74) is 3.80. The summed E-state index contributed by atoms with van der Waals surface area (Å²) in [5, 5.41) is 11.6. The molecule has 0 amide bonds. The van der Waals surface area contributed by atoms with Crippen molar-refractivity contribution in [2.24, 2.45) is 7.05 Å². The molecule has 5 rings (SSSR count). The molecule has 25 heavy (non-hydrogen) atoms. The number of nitrogens with zero attached hydrogens (tertiary/aromatic N) is 5. The summed E-state index contributed by atoms with van der Waals surface area (Å²) in [4.78, 5) is 9.28. The Morgan fingerprint density at radius 3 is 2.84 bits per heavy atom. The molecule has 0 spiro atoms. The predicted octanol–water partition coefficient (Wildman–Crippen LogP) is 4.14. The van der Waals surface area contributed by atoms with E-state index >= 15 is 0 Å². The molecule has 0 saturated heterocycles. The van der Waals surface area contributed by atoms with E-state index in [1.165, 1.54) is 17.8 Å². The van der Waals surface area contributed by atoms with Crippen molar-refractivity contribution in [3.05, 3.63) is 46.9 Å². The van der Waals surface area contributed by atoms with E-state index in [2.05, 4.69) is 32.8 Å². The molecule has 124 valence electrons. The van der Waals surface area contributed by atoms with Gasteiger partial charge in [-0.2, -0.15) is 10.1 Å². The number of aryl methyl sites for hydroxylation is 1. The van der Waals surface area contributed by atoms with Crippen molar-refractivity contribution < 1.29 is 4.52 Å². The first-order valence-corrected chi connectivity index (χ1v) is 9.04. The van der Waals surface area contributed by atoms with Crippen LogP contribution in [-0.4, -0.2) is 24.9 Å². The van der Waals surface area contributed by atoms with E-state index in [1.54, 1.807) is 22.2 Å². The molecule has 1 aliphatic carbocycles. The van der Waals surface area contributed by atoms with Crippen LogP contribution in [0.4, 0.5) is 0 Å². The van der Waals surface area contributed by atoms with Crippen LogP contribution in [0.3, 0.4) is 0 Å². The van der Waals surface area contributed by atoms with Gasteiger partial charge >= 0.3 is 0 Å². The summed E-state index contributed by atoms with van der Waals surface area (Å²) in [6, 6.07) is 9.96. The van der Waals surface area contributed by atoms with Crippen molar-refractivity contribution in [1.82, 2.24) is 24.9 Å². The highest BCUT2D eigenvalue weighted by molar-refractivity contribution is 7.10. The molecule has 0 bridgehead atoms. The van der Waals surface area contributed by atoms with Gasteiger partial charge in [0, 0.05) is 35.7 Å². The Morgan fingerprint density at radius 2 is 2.04 bits per heavy atom. The molecule has 3 heterocycles. The Balaban J connectivity index is 1.48. The van der Waals surface area contributed by atoms with Gasteiger partial charge in [0.05, 0.1) is 10.7 Å². The molecule has 4 aromatic rings. The van der Waals surface area contributed by atoms with Gasteiger partial charge in [-0.15, -0.1) is 11.3 Å². The number of hydrogen-bond donors (Lipinski definition) is 0. The van der Waals surface area contributed by atoms with Gasteiger partial charge < -0.3 is 4.52 Å². The molecular weight excluding hydrogens is 334 g/mol. The summed E-state index contributed by atoms with van der Waals surface area (Å²) in [5.74, 6) is 1.71. The summed E-state index contributed by atoms with van der Waals surface area (Å²) >= 11 is 1.75. The zero-order valence-corrected chi connectivity index (χ0v) is 14.4. The molecule has 7 heteroatoms. The lowest BCUT2D eigenvalue weighted by molar-refractivity contribution is 0.428. The fourth-order valence-corrected chi connectivity index (χ4v) is 3.78. The van der Waals surface area contributed by atoms with E-state index in [1.807, 2.05) is 25.2 Å². The number of thiazole rings is 1. The lowest BCUT2D eigenvalue weighted by atomic mass is 10.1. The highest BCUT2D eigenvalue weighted by atomic mass is 32.1. The Labute approximate surface area is 148 Å². The lowest BCUT2D eigenvalue weighted by Gasteiger charge is -1.99. The van der Waals surface area contributed by atoms with Crippen molar-refractivity contribution in [1.29, 1.82) is 0 Å². The number of benzene rings is 1. The molecule has 0 unspecified atom stereocenters. The summed E-state index contributed by atoms with van der Waals surface area (Å²) in [7, 11) is 1.85. The Hall–Kier alpha value is -2.80. The smallest absolute Gasteiger partial charge is 0.276 e. The summed E-state index contributed by atoms with van der Waals surface area (Å²) in [6.07, 6.45) is 4.25. The molecule has 0 atom stereocenters. The third kappa shape index (κ3) is 2.66. The van der Waals surface area contributed by atoms with Crippen molar-refractivity contribution in [3.8, 4) is 34.2 Å². The fraction of sp³-hybridized carbons (Fsp3) is 0.222. The topological polar surface area (TPSA) is 69.6 Å². The molecule has 0 aliphatic heterocycles. The van der Waals surface area contributed by atoms with E-state index in [-0.39, 0.29) is 0 Å². The van der Waals surface area contributed by atoms with E-state index < -0.39 is 0 Å². The maximum atomic E-state index is 5.40. The van der Waals surface area contributed by atoms with Crippen molar-refractivity contribution >= 4 is 11.3 Å². The molecule has 1 aromatic carbocycles. The quantitative estimate of drug-likeness (QED) is 0.554. The van der Waals surface area contributed by atoms with Gasteiger partial charge in [0.25, 0.3) is 5.89 Å². The minimum absolute atomic E-state index is 0.463. The van der Waals surface area contributed by atoms with Gasteiger partial charge in [-0.05, 0) is 25.0 Å². The van der Waals surface area contributed by atoms with Crippen LogP contribution in [0.1, 0.15) is 23.8 Å². The van der Waals surface area contributed by atoms with Gasteiger partial charge in [0.1, 0.15) is 5.69 Å². The molecule has 0 N–H and O–H groups in total. The first-order valence-electron chi connectivity index (χ1n) is 8.16. The fourth-order valence-electron chi connectivity index (χ4n) is 2.78. The molecule has 3 aromatic heterocycles. The summed E-state index contributed by atoms with van der Waals surface area (Å²) in [6.45, 7) is 0. The molecule has 1 aliphatic rings. The monoisotopic (exact) mass is 349 g/mol. The van der Waals surface area contributed by atoms with Crippen molar-refractivity contribution in [3.63, 3.8) is 0 Å². The maximum absolute atomic E-state index is 5.40. The van der Waals surface area contributed by atoms with E-state index in [4.69, 9.17) is 9.51 Å². The Bertz CT molecular complexity index is 1040. The second kappa shape index (κ2) is 5.63. The van der Waals surface area contributed by atoms with Gasteiger partial charge in [-0.3, -0.25) is 4.68 Å². The number of rotatable bonds is 4. The second-order valence-corrected chi connectivity index (χ2v) is 7.08. The van der Waals surface area contributed by atoms with Gasteiger partial charge in [-0.1, -0.05) is 23.4 Å². The lowest BCUT2D eigenvalue weighted by Crippen LogP contribution is -1.93. The van der Waals surface area contributed by atoms with Crippen LogP contribution in [0.25, 0.3) is 34.2 Å². The highest BCUT2D eigenvalue weighted by Crippen LogP contribution is 2.42. The SMILES string of the molecule is Cn1nccc1-c1nc(-c2cccc(-c3csc(C4CC4)n3)c2)no1. The average Bonchev–Trinajstić information content (AvgIpc) is 3.05. The van der Waals surface area contributed by atoms with Crippen LogP contribution in [0.5, 0.6) is 0 Å². The van der Waals surface area contributed by atoms with Crippen LogP contribution < -0.4 is 0 Å². The first kappa shape index (κ1) is 14.5. The standard InChI is InChI=1S/C18H15N5OS/c1-23-15(7-8-19-23)17-21-16(22-24-17)13-4-2-3-12(9-13)14-10-25-18(20-14)11-5-6-11/h2-4,7-11H,5-6H2,1H3. The second-order valence-electron chi connectivity index (χ2n) is 6.19. The largest absolute Gasteiger partial charge is 0.332 e. The van der Waals surface area contributed by atoms with Gasteiger partial charge in [-0.25, -0.2) is 4.98 Å². The van der Waals surface area contributed by atoms with Gasteiger partial charge in [0.15, 0.2) is 0 Å².